The molecule has 0 aliphatic carbocycles. The van der Waals surface area contributed by atoms with Gasteiger partial charge in [-0.05, 0) is 81.3 Å². The number of amides is 2. The number of aromatic nitrogens is 2. The normalized spacial score (nSPS) is 19.9. The zero-order valence-electron chi connectivity index (χ0n) is 20.7. The number of piperidine rings is 1. The van der Waals surface area contributed by atoms with E-state index in [2.05, 4.69) is 22.4 Å². The number of pyridine rings is 2. The average molecular weight is 492 g/mol. The molecule has 0 bridgehead atoms. The molecule has 2 aromatic rings. The number of ether oxygens (including phenoxy) is 1. The molecule has 5 heterocycles. The van der Waals surface area contributed by atoms with Gasteiger partial charge in [-0.1, -0.05) is 12.1 Å². The second kappa shape index (κ2) is 10.7. The van der Waals surface area contributed by atoms with Crippen molar-refractivity contribution in [3.05, 3.63) is 53.5 Å². The Balaban J connectivity index is 1.16. The molecule has 190 valence electrons. The largest absolute Gasteiger partial charge is 0.465 e. The van der Waals surface area contributed by atoms with Gasteiger partial charge in [0.25, 0.3) is 11.8 Å². The van der Waals surface area contributed by atoms with Crippen molar-refractivity contribution >= 4 is 23.6 Å². The maximum absolute atomic E-state index is 13.0. The second-order valence-corrected chi connectivity index (χ2v) is 9.80. The molecule has 9 heteroatoms. The van der Waals surface area contributed by atoms with E-state index in [9.17, 15) is 14.4 Å². The first-order valence-electron chi connectivity index (χ1n) is 12.9. The van der Waals surface area contributed by atoms with Crippen LogP contribution >= 0.6 is 0 Å². The number of aryl methyl sites for hydroxylation is 1. The van der Waals surface area contributed by atoms with Crippen molar-refractivity contribution in [2.75, 3.05) is 38.1 Å². The number of anilines is 1. The molecule has 0 unspecified atom stereocenters. The third kappa shape index (κ3) is 4.97. The maximum Gasteiger partial charge on any atom is 0.315 e. The standard InChI is InChI=1S/C27H33N5O4/c1-2-36-27(35)22(20-6-3-11-28-16-20)17-32-25(33)23(26(32)34)31-13-9-18(10-14-31)15-21-8-7-19-5-4-12-29-24(19)30-21/h3,6-8,11,16,18,22-23H,2,4-5,9-10,12-15,17H2,1H3,(H,29,30)/t22-/m1/s1. The van der Waals surface area contributed by atoms with Gasteiger partial charge in [0.1, 0.15) is 11.7 Å². The van der Waals surface area contributed by atoms with Gasteiger partial charge in [-0.25, -0.2) is 4.98 Å². The quantitative estimate of drug-likeness (QED) is 0.340. The number of nitrogens with zero attached hydrogens (tertiary/aromatic N) is 4. The third-order valence-corrected chi connectivity index (χ3v) is 7.49. The number of carbonyl (C=O) groups excluding carboxylic acids is 3. The van der Waals surface area contributed by atoms with E-state index in [-0.39, 0.29) is 25.0 Å². The van der Waals surface area contributed by atoms with Crippen LogP contribution in [0.5, 0.6) is 0 Å². The molecule has 0 spiro atoms. The SMILES string of the molecule is CCOC(=O)[C@H](CN1C(=O)C(N2CCC(Cc3ccc4c(n3)NCCC4)CC2)C1=O)c1cccnc1. The Morgan fingerprint density at radius 3 is 2.72 bits per heavy atom. The summed E-state index contributed by atoms with van der Waals surface area (Å²) in [6.07, 6.45) is 8.17. The highest BCUT2D eigenvalue weighted by atomic mass is 16.5. The van der Waals surface area contributed by atoms with Crippen LogP contribution in [0, 0.1) is 5.92 Å². The molecule has 9 nitrogen and oxygen atoms in total. The van der Waals surface area contributed by atoms with Gasteiger partial charge in [-0.2, -0.15) is 0 Å². The first-order chi connectivity index (χ1) is 17.5. The lowest BCUT2D eigenvalue weighted by atomic mass is 9.89. The van der Waals surface area contributed by atoms with Crippen LogP contribution < -0.4 is 5.32 Å². The number of nitrogens with one attached hydrogen (secondary N) is 1. The van der Waals surface area contributed by atoms with Crippen molar-refractivity contribution in [3.63, 3.8) is 0 Å². The van der Waals surface area contributed by atoms with E-state index in [4.69, 9.17) is 9.72 Å². The van der Waals surface area contributed by atoms with Crippen molar-refractivity contribution < 1.29 is 19.1 Å². The van der Waals surface area contributed by atoms with Crippen LogP contribution in [0.2, 0.25) is 0 Å². The number of β-lactam (4-membered cyclic amide) rings is 2. The lowest BCUT2D eigenvalue weighted by Gasteiger charge is -2.45. The molecular formula is C27H33N5O4. The Bertz CT molecular complexity index is 1100. The Kier molecular flexibility index (Phi) is 7.27. The van der Waals surface area contributed by atoms with Gasteiger partial charge in [0.2, 0.25) is 0 Å². The fraction of sp³-hybridized carbons (Fsp3) is 0.519. The Labute approximate surface area is 211 Å². The number of imide groups is 1. The molecule has 2 fully saturated rings. The summed E-state index contributed by atoms with van der Waals surface area (Å²) in [7, 11) is 0. The molecule has 2 amide bonds. The van der Waals surface area contributed by atoms with Crippen LogP contribution in [0.3, 0.4) is 0 Å². The van der Waals surface area contributed by atoms with Gasteiger partial charge in [0, 0.05) is 31.2 Å². The number of likely N-dealkylation sites (tertiary alicyclic amines) is 2. The van der Waals surface area contributed by atoms with Crippen LogP contribution in [0.25, 0.3) is 0 Å². The number of esters is 1. The van der Waals surface area contributed by atoms with Gasteiger partial charge in [-0.3, -0.25) is 29.2 Å². The smallest absolute Gasteiger partial charge is 0.315 e. The monoisotopic (exact) mass is 491 g/mol. The minimum absolute atomic E-state index is 0.0206. The Morgan fingerprint density at radius 2 is 2.00 bits per heavy atom. The van der Waals surface area contributed by atoms with Gasteiger partial charge in [-0.15, -0.1) is 0 Å². The predicted molar refractivity (Wildman–Crippen MR) is 133 cm³/mol. The van der Waals surface area contributed by atoms with Crippen LogP contribution in [0.1, 0.15) is 48.9 Å². The molecule has 5 rings (SSSR count). The Morgan fingerprint density at radius 1 is 1.19 bits per heavy atom. The number of hydrogen-bond donors (Lipinski definition) is 1. The highest BCUT2D eigenvalue weighted by Gasteiger charge is 2.51. The van der Waals surface area contributed by atoms with E-state index < -0.39 is 17.9 Å². The molecule has 1 N–H and O–H groups in total. The van der Waals surface area contributed by atoms with E-state index in [1.54, 1.807) is 31.5 Å². The van der Waals surface area contributed by atoms with Crippen molar-refractivity contribution in [3.8, 4) is 0 Å². The lowest BCUT2D eigenvalue weighted by molar-refractivity contribution is -0.169. The minimum Gasteiger partial charge on any atom is -0.465 e. The molecule has 3 aliphatic rings. The summed E-state index contributed by atoms with van der Waals surface area (Å²) in [5, 5.41) is 3.40. The fourth-order valence-electron chi connectivity index (χ4n) is 5.45. The first kappa shape index (κ1) is 24.4. The van der Waals surface area contributed by atoms with Gasteiger partial charge >= 0.3 is 5.97 Å². The summed E-state index contributed by atoms with van der Waals surface area (Å²) in [6, 6.07) is 7.07. The van der Waals surface area contributed by atoms with Crippen LogP contribution in [0.4, 0.5) is 5.82 Å². The summed E-state index contributed by atoms with van der Waals surface area (Å²) in [4.78, 5) is 50.6. The molecule has 3 aliphatic heterocycles. The number of carbonyl (C=O) groups is 3. The van der Waals surface area contributed by atoms with Gasteiger partial charge in [0.15, 0.2) is 6.04 Å². The van der Waals surface area contributed by atoms with Gasteiger partial charge < -0.3 is 10.1 Å². The van der Waals surface area contributed by atoms with E-state index in [1.165, 1.54) is 10.5 Å². The lowest BCUT2D eigenvalue weighted by Crippen LogP contribution is -2.69. The number of fused-ring (bicyclic) bond motifs is 1. The van der Waals surface area contributed by atoms with E-state index in [1.807, 2.05) is 4.90 Å². The average Bonchev–Trinajstić information content (AvgIpc) is 2.91. The van der Waals surface area contributed by atoms with Crippen LogP contribution in [-0.2, 0) is 32.0 Å². The summed E-state index contributed by atoms with van der Waals surface area (Å²) < 4.78 is 5.20. The van der Waals surface area contributed by atoms with Gasteiger partial charge in [0.05, 0.1) is 6.61 Å². The molecule has 2 aromatic heterocycles. The Hall–Kier alpha value is -3.33. The van der Waals surface area contributed by atoms with Crippen LogP contribution in [-0.4, -0.2) is 76.4 Å². The molecule has 0 radical (unpaired) electrons. The molecule has 36 heavy (non-hydrogen) atoms. The van der Waals surface area contributed by atoms with Crippen molar-refractivity contribution in [1.29, 1.82) is 0 Å². The minimum atomic E-state index is -0.742. The molecule has 0 aromatic carbocycles. The fourth-order valence-corrected chi connectivity index (χ4v) is 5.45. The number of hydrogen-bond acceptors (Lipinski definition) is 8. The predicted octanol–water partition coefficient (Wildman–Crippen LogP) is 2.17. The molecule has 2 saturated heterocycles. The number of rotatable bonds is 8. The molecule has 1 atom stereocenters. The summed E-state index contributed by atoms with van der Waals surface area (Å²) >= 11 is 0. The zero-order chi connectivity index (χ0) is 25.1. The first-order valence-corrected chi connectivity index (χ1v) is 12.9. The van der Waals surface area contributed by atoms with Crippen molar-refractivity contribution in [2.45, 2.75) is 51.0 Å². The van der Waals surface area contributed by atoms with E-state index in [0.717, 1.165) is 50.2 Å². The molecular weight excluding hydrogens is 458 g/mol. The van der Waals surface area contributed by atoms with Crippen molar-refractivity contribution in [2.24, 2.45) is 5.92 Å². The second-order valence-electron chi connectivity index (χ2n) is 9.80. The highest BCUT2D eigenvalue weighted by molar-refractivity contribution is 6.21. The van der Waals surface area contributed by atoms with Crippen molar-refractivity contribution in [1.82, 2.24) is 19.8 Å². The molecule has 0 saturated carbocycles. The topological polar surface area (TPSA) is 105 Å². The third-order valence-electron chi connectivity index (χ3n) is 7.49. The highest BCUT2D eigenvalue weighted by Crippen LogP contribution is 2.30. The zero-order valence-corrected chi connectivity index (χ0v) is 20.7. The van der Waals surface area contributed by atoms with Crippen LogP contribution in [0.15, 0.2) is 36.7 Å². The maximum atomic E-state index is 13.0. The van der Waals surface area contributed by atoms with E-state index in [0.29, 0.717) is 24.6 Å². The summed E-state index contributed by atoms with van der Waals surface area (Å²) in [5.41, 5.74) is 3.02. The summed E-state index contributed by atoms with van der Waals surface area (Å²) in [6.45, 7) is 4.32. The van der Waals surface area contributed by atoms with E-state index >= 15 is 0 Å². The summed E-state index contributed by atoms with van der Waals surface area (Å²) in [5.74, 6) is -0.166.